The van der Waals surface area contributed by atoms with Gasteiger partial charge in [0.15, 0.2) is 0 Å². The van der Waals surface area contributed by atoms with Crippen LogP contribution in [0.4, 0.5) is 11.4 Å². The molecule has 6 heteroatoms. The highest BCUT2D eigenvalue weighted by atomic mass is 35.5. The summed E-state index contributed by atoms with van der Waals surface area (Å²) < 4.78 is 0. The van der Waals surface area contributed by atoms with Crippen molar-refractivity contribution in [3.05, 3.63) is 59.7 Å². The maximum Gasteiger partial charge on any atom is 0.241 e. The third kappa shape index (κ3) is 4.31. The Morgan fingerprint density at radius 1 is 1.11 bits per heavy atom. The van der Waals surface area contributed by atoms with Gasteiger partial charge in [-0.3, -0.25) is 9.59 Å². The average molecular weight is 386 g/mol. The van der Waals surface area contributed by atoms with Gasteiger partial charge >= 0.3 is 0 Å². The minimum absolute atomic E-state index is 0. The molecule has 1 atom stereocenters. The second kappa shape index (κ2) is 8.55. The van der Waals surface area contributed by atoms with Crippen LogP contribution in [0.3, 0.4) is 0 Å². The lowest BCUT2D eigenvalue weighted by Gasteiger charge is -2.17. The molecule has 2 amide bonds. The Balaban J connectivity index is 0.00000210. The fraction of sp³-hybridized carbons (Fsp3) is 0.333. The van der Waals surface area contributed by atoms with E-state index in [0.29, 0.717) is 6.42 Å². The molecule has 5 nitrogen and oxygen atoms in total. The molecule has 2 N–H and O–H groups in total. The number of nitrogens with zero attached hydrogens (tertiary/aromatic N) is 1. The first-order valence-electron chi connectivity index (χ1n) is 9.22. The van der Waals surface area contributed by atoms with Gasteiger partial charge in [-0.15, -0.1) is 12.4 Å². The zero-order valence-corrected chi connectivity index (χ0v) is 15.9. The first-order valence-corrected chi connectivity index (χ1v) is 9.22. The van der Waals surface area contributed by atoms with Gasteiger partial charge in [0.25, 0.3) is 0 Å². The van der Waals surface area contributed by atoms with E-state index in [1.165, 1.54) is 5.56 Å². The molecule has 0 saturated carbocycles. The molecule has 2 aromatic carbocycles. The van der Waals surface area contributed by atoms with Crippen LogP contribution in [0.1, 0.15) is 24.0 Å². The summed E-state index contributed by atoms with van der Waals surface area (Å²) in [6, 6.07) is 15.6. The molecule has 142 valence electrons. The van der Waals surface area contributed by atoms with E-state index in [-0.39, 0.29) is 30.3 Å². The minimum atomic E-state index is -0.0912. The zero-order valence-electron chi connectivity index (χ0n) is 15.1. The first-order chi connectivity index (χ1) is 12.7. The highest BCUT2D eigenvalue weighted by Crippen LogP contribution is 2.28. The molecular formula is C21H24ClN3O2. The number of hydrogen-bond donors (Lipinski definition) is 2. The lowest BCUT2D eigenvalue weighted by molar-refractivity contribution is -0.118. The molecule has 2 heterocycles. The summed E-state index contributed by atoms with van der Waals surface area (Å²) in [5.41, 5.74) is 3.99. The van der Waals surface area contributed by atoms with Crippen molar-refractivity contribution in [2.75, 3.05) is 23.3 Å². The minimum Gasteiger partial charge on any atom is -0.325 e. The van der Waals surface area contributed by atoms with Crippen LogP contribution in [0.25, 0.3) is 0 Å². The molecule has 0 bridgehead atoms. The highest BCUT2D eigenvalue weighted by Gasteiger charge is 2.24. The molecule has 0 spiro atoms. The number of fused-ring (bicyclic) bond motifs is 1. The van der Waals surface area contributed by atoms with Crippen LogP contribution in [0, 0.1) is 0 Å². The monoisotopic (exact) mass is 385 g/mol. The van der Waals surface area contributed by atoms with Crippen molar-refractivity contribution in [3.8, 4) is 0 Å². The van der Waals surface area contributed by atoms with Gasteiger partial charge in [-0.1, -0.05) is 30.3 Å². The fourth-order valence-electron chi connectivity index (χ4n) is 3.71. The van der Waals surface area contributed by atoms with Crippen molar-refractivity contribution in [1.29, 1.82) is 0 Å². The van der Waals surface area contributed by atoms with Gasteiger partial charge in [0.05, 0.1) is 12.5 Å². The Hall–Kier alpha value is -2.37. The molecule has 0 radical (unpaired) electrons. The molecule has 27 heavy (non-hydrogen) atoms. The number of benzene rings is 2. The lowest BCUT2D eigenvalue weighted by atomic mass is 10.1. The van der Waals surface area contributed by atoms with Crippen molar-refractivity contribution >= 4 is 35.6 Å². The Morgan fingerprint density at radius 3 is 2.63 bits per heavy atom. The third-order valence-corrected chi connectivity index (χ3v) is 5.14. The van der Waals surface area contributed by atoms with E-state index in [0.717, 1.165) is 49.3 Å². The summed E-state index contributed by atoms with van der Waals surface area (Å²) in [6.07, 6.45) is 3.21. The topological polar surface area (TPSA) is 61.4 Å². The number of anilines is 2. The lowest BCUT2D eigenvalue weighted by Crippen LogP contribution is -2.35. The summed E-state index contributed by atoms with van der Waals surface area (Å²) in [5, 5.41) is 6.13. The Kier molecular flexibility index (Phi) is 6.14. The number of amides is 2. The van der Waals surface area contributed by atoms with Crippen molar-refractivity contribution in [2.45, 2.75) is 31.7 Å². The molecule has 0 aromatic heterocycles. The largest absolute Gasteiger partial charge is 0.325 e. The molecule has 1 fully saturated rings. The number of carbonyl (C=O) groups excluding carboxylic acids is 2. The molecule has 2 aromatic rings. The van der Waals surface area contributed by atoms with Crippen LogP contribution in [0.5, 0.6) is 0 Å². The number of hydrogen-bond acceptors (Lipinski definition) is 3. The zero-order chi connectivity index (χ0) is 17.9. The molecule has 1 saturated heterocycles. The van der Waals surface area contributed by atoms with E-state index in [4.69, 9.17) is 0 Å². The predicted molar refractivity (Wildman–Crippen MR) is 110 cm³/mol. The summed E-state index contributed by atoms with van der Waals surface area (Å²) in [5.74, 6) is 0.127. The second-order valence-electron chi connectivity index (χ2n) is 6.94. The van der Waals surface area contributed by atoms with E-state index >= 15 is 0 Å². The van der Waals surface area contributed by atoms with Crippen LogP contribution >= 0.6 is 12.4 Å². The van der Waals surface area contributed by atoms with Crippen molar-refractivity contribution in [2.24, 2.45) is 0 Å². The predicted octanol–water partition coefficient (Wildman–Crippen LogP) is 2.93. The van der Waals surface area contributed by atoms with E-state index in [1.807, 2.05) is 47.4 Å². The van der Waals surface area contributed by atoms with E-state index in [1.54, 1.807) is 0 Å². The van der Waals surface area contributed by atoms with Gasteiger partial charge in [-0.25, -0.2) is 0 Å². The normalized spacial score (nSPS) is 17.9. The van der Waals surface area contributed by atoms with Gasteiger partial charge < -0.3 is 15.5 Å². The number of carbonyl (C=O) groups is 2. The van der Waals surface area contributed by atoms with Crippen LogP contribution in [-0.2, 0) is 22.4 Å². The third-order valence-electron chi connectivity index (χ3n) is 5.14. The van der Waals surface area contributed by atoms with E-state index in [2.05, 4.69) is 16.7 Å². The maximum absolute atomic E-state index is 12.7. The molecule has 0 aliphatic carbocycles. The van der Waals surface area contributed by atoms with Crippen molar-refractivity contribution in [3.63, 3.8) is 0 Å². The summed E-state index contributed by atoms with van der Waals surface area (Å²) in [7, 11) is 0. The van der Waals surface area contributed by atoms with Crippen LogP contribution in [0.15, 0.2) is 48.5 Å². The smallest absolute Gasteiger partial charge is 0.241 e. The standard InChI is InChI=1S/C21H23N3O2.ClH/c25-20(24-13-11-16-4-1-2-6-19(16)24)14-15-7-9-17(10-8-15)23-21(26)18-5-3-12-22-18;/h1-2,4,6-10,18,22H,3,5,11-14H2,(H,23,26);1H/t18-;/m0./s1. The molecule has 2 aliphatic heterocycles. The van der Waals surface area contributed by atoms with Gasteiger partial charge in [-0.05, 0) is 55.1 Å². The maximum atomic E-state index is 12.7. The quantitative estimate of drug-likeness (QED) is 0.850. The fourth-order valence-corrected chi connectivity index (χ4v) is 3.71. The Bertz CT molecular complexity index is 816. The number of nitrogens with one attached hydrogen (secondary N) is 2. The van der Waals surface area contributed by atoms with Gasteiger partial charge in [-0.2, -0.15) is 0 Å². The van der Waals surface area contributed by atoms with Gasteiger partial charge in [0.1, 0.15) is 0 Å². The van der Waals surface area contributed by atoms with Crippen LogP contribution in [-0.4, -0.2) is 30.9 Å². The molecule has 4 rings (SSSR count). The summed E-state index contributed by atoms with van der Waals surface area (Å²) in [4.78, 5) is 26.7. The summed E-state index contributed by atoms with van der Waals surface area (Å²) in [6.45, 7) is 1.65. The second-order valence-corrected chi connectivity index (χ2v) is 6.94. The number of para-hydroxylation sites is 1. The van der Waals surface area contributed by atoms with Crippen LogP contribution < -0.4 is 15.5 Å². The Morgan fingerprint density at radius 2 is 1.89 bits per heavy atom. The van der Waals surface area contributed by atoms with Crippen molar-refractivity contribution < 1.29 is 9.59 Å². The average Bonchev–Trinajstić information content (AvgIpc) is 3.33. The Labute approximate surface area is 165 Å². The van der Waals surface area contributed by atoms with Gasteiger partial charge in [0.2, 0.25) is 11.8 Å². The van der Waals surface area contributed by atoms with E-state index < -0.39 is 0 Å². The molecular weight excluding hydrogens is 362 g/mol. The molecule has 2 aliphatic rings. The molecule has 0 unspecified atom stereocenters. The highest BCUT2D eigenvalue weighted by molar-refractivity contribution is 5.97. The summed E-state index contributed by atoms with van der Waals surface area (Å²) >= 11 is 0. The number of halogens is 1. The van der Waals surface area contributed by atoms with Gasteiger partial charge in [0, 0.05) is 17.9 Å². The first kappa shape index (κ1) is 19.4. The van der Waals surface area contributed by atoms with Crippen molar-refractivity contribution in [1.82, 2.24) is 5.32 Å². The van der Waals surface area contributed by atoms with Crippen LogP contribution in [0.2, 0.25) is 0 Å². The number of rotatable bonds is 4. The van der Waals surface area contributed by atoms with E-state index in [9.17, 15) is 9.59 Å². The SMILES string of the molecule is Cl.O=C(Nc1ccc(CC(=O)N2CCc3ccccc32)cc1)[C@@H]1CCCN1.